The molecule has 0 atom stereocenters. The second-order valence-corrected chi connectivity index (χ2v) is 8.32. The van der Waals surface area contributed by atoms with Gasteiger partial charge < -0.3 is 5.32 Å². The van der Waals surface area contributed by atoms with Crippen LogP contribution < -0.4 is 5.32 Å². The Morgan fingerprint density at radius 2 is 1.95 bits per heavy atom. The summed E-state index contributed by atoms with van der Waals surface area (Å²) in [6.45, 7) is 2.26. The molecule has 0 saturated heterocycles. The van der Waals surface area contributed by atoms with Crippen molar-refractivity contribution in [1.29, 1.82) is 0 Å². The predicted molar refractivity (Wildman–Crippen MR) is 83.5 cm³/mol. The highest BCUT2D eigenvalue weighted by atomic mass is 35.7. The largest absolute Gasteiger partial charge is 0.352 e. The van der Waals surface area contributed by atoms with E-state index in [0.29, 0.717) is 18.0 Å². The summed E-state index contributed by atoms with van der Waals surface area (Å²) >= 11 is 5.94. The summed E-state index contributed by atoms with van der Waals surface area (Å²) < 4.78 is 23.0. The standard InChI is InChI=1S/C14H17Cl2NO3S/c1-9-6-11(7-12(13(9)15)21(16,19)20)14(18)17-8-10-4-2-3-5-10/h6-7,10H,2-5,8H2,1H3,(H,17,18). The van der Waals surface area contributed by atoms with E-state index in [9.17, 15) is 13.2 Å². The Morgan fingerprint density at radius 1 is 1.33 bits per heavy atom. The van der Waals surface area contributed by atoms with Crippen LogP contribution in [0, 0.1) is 12.8 Å². The first-order valence-electron chi connectivity index (χ1n) is 6.82. The third-order valence-corrected chi connectivity index (χ3v) is 5.73. The van der Waals surface area contributed by atoms with Gasteiger partial charge >= 0.3 is 0 Å². The number of rotatable bonds is 4. The summed E-state index contributed by atoms with van der Waals surface area (Å²) in [5.41, 5.74) is 0.763. The van der Waals surface area contributed by atoms with Crippen molar-refractivity contribution >= 4 is 37.2 Å². The zero-order valence-electron chi connectivity index (χ0n) is 11.7. The molecular weight excluding hydrogens is 333 g/mol. The molecule has 1 saturated carbocycles. The number of amides is 1. The fourth-order valence-corrected chi connectivity index (χ4v) is 4.14. The lowest BCUT2D eigenvalue weighted by Gasteiger charge is -2.12. The maximum atomic E-state index is 12.2. The number of aryl methyl sites for hydroxylation is 1. The molecule has 1 aromatic carbocycles. The van der Waals surface area contributed by atoms with Gasteiger partial charge in [-0.3, -0.25) is 4.79 Å². The van der Waals surface area contributed by atoms with Crippen LogP contribution in [0.3, 0.4) is 0 Å². The molecule has 1 N–H and O–H groups in total. The molecule has 116 valence electrons. The molecule has 4 nitrogen and oxygen atoms in total. The SMILES string of the molecule is Cc1cc(C(=O)NCC2CCCC2)cc(S(=O)(=O)Cl)c1Cl. The fourth-order valence-electron chi connectivity index (χ4n) is 2.60. The summed E-state index contributed by atoms with van der Waals surface area (Å²) in [5, 5.41) is 2.90. The van der Waals surface area contributed by atoms with Crippen molar-refractivity contribution in [2.75, 3.05) is 6.54 Å². The second kappa shape index (κ2) is 6.55. The number of hydrogen-bond acceptors (Lipinski definition) is 3. The number of hydrogen-bond donors (Lipinski definition) is 1. The van der Waals surface area contributed by atoms with E-state index in [4.69, 9.17) is 22.3 Å². The molecule has 0 radical (unpaired) electrons. The van der Waals surface area contributed by atoms with E-state index in [-0.39, 0.29) is 21.4 Å². The molecule has 1 fully saturated rings. The summed E-state index contributed by atoms with van der Waals surface area (Å²) in [4.78, 5) is 11.9. The topological polar surface area (TPSA) is 63.2 Å². The quantitative estimate of drug-likeness (QED) is 0.846. The van der Waals surface area contributed by atoms with Gasteiger partial charge in [0, 0.05) is 22.8 Å². The van der Waals surface area contributed by atoms with Crippen LogP contribution in [0.1, 0.15) is 41.6 Å². The molecule has 1 aliphatic carbocycles. The average Bonchev–Trinajstić information content (AvgIpc) is 2.90. The van der Waals surface area contributed by atoms with Gasteiger partial charge in [0.25, 0.3) is 15.0 Å². The molecule has 1 aliphatic rings. The molecule has 1 aromatic rings. The van der Waals surface area contributed by atoms with E-state index >= 15 is 0 Å². The van der Waals surface area contributed by atoms with Gasteiger partial charge in [-0.15, -0.1) is 0 Å². The van der Waals surface area contributed by atoms with Crippen LogP contribution in [0.5, 0.6) is 0 Å². The van der Waals surface area contributed by atoms with Crippen LogP contribution in [-0.2, 0) is 9.05 Å². The van der Waals surface area contributed by atoms with E-state index in [2.05, 4.69) is 5.32 Å². The number of carbonyl (C=O) groups excluding carboxylic acids is 1. The van der Waals surface area contributed by atoms with Gasteiger partial charge in [-0.05, 0) is 43.4 Å². The van der Waals surface area contributed by atoms with Crippen molar-refractivity contribution in [3.63, 3.8) is 0 Å². The molecule has 0 bridgehead atoms. The zero-order valence-corrected chi connectivity index (χ0v) is 14.0. The maximum Gasteiger partial charge on any atom is 0.262 e. The van der Waals surface area contributed by atoms with E-state index in [1.807, 2.05) is 0 Å². The minimum Gasteiger partial charge on any atom is -0.352 e. The zero-order chi connectivity index (χ0) is 15.6. The number of nitrogens with one attached hydrogen (secondary N) is 1. The highest BCUT2D eigenvalue weighted by Crippen LogP contribution is 2.29. The summed E-state index contributed by atoms with van der Waals surface area (Å²) in [6.07, 6.45) is 4.66. The van der Waals surface area contributed by atoms with Crippen molar-refractivity contribution in [3.8, 4) is 0 Å². The van der Waals surface area contributed by atoms with Crippen molar-refractivity contribution in [1.82, 2.24) is 5.32 Å². The van der Waals surface area contributed by atoms with E-state index in [1.54, 1.807) is 13.0 Å². The van der Waals surface area contributed by atoms with Gasteiger partial charge in [0.2, 0.25) is 0 Å². The summed E-state index contributed by atoms with van der Waals surface area (Å²) in [7, 11) is 1.37. The predicted octanol–water partition coefficient (Wildman–Crippen LogP) is 3.50. The fraction of sp³-hybridized carbons (Fsp3) is 0.500. The molecule has 1 amide bonds. The van der Waals surface area contributed by atoms with Gasteiger partial charge in [-0.25, -0.2) is 8.42 Å². The molecule has 2 rings (SSSR count). The highest BCUT2D eigenvalue weighted by molar-refractivity contribution is 8.13. The molecule has 7 heteroatoms. The molecule has 0 spiro atoms. The van der Waals surface area contributed by atoms with Crippen LogP contribution >= 0.6 is 22.3 Å². The minimum atomic E-state index is -3.98. The highest BCUT2D eigenvalue weighted by Gasteiger charge is 2.21. The first-order chi connectivity index (χ1) is 9.79. The van der Waals surface area contributed by atoms with Crippen molar-refractivity contribution in [2.24, 2.45) is 5.92 Å². The van der Waals surface area contributed by atoms with E-state index in [0.717, 1.165) is 12.8 Å². The average molecular weight is 350 g/mol. The lowest BCUT2D eigenvalue weighted by molar-refractivity contribution is 0.0947. The summed E-state index contributed by atoms with van der Waals surface area (Å²) in [6, 6.07) is 2.79. The Hall–Kier alpha value is -0.780. The van der Waals surface area contributed by atoms with Crippen LogP contribution in [0.4, 0.5) is 0 Å². The third-order valence-electron chi connectivity index (χ3n) is 3.77. The molecule has 21 heavy (non-hydrogen) atoms. The Labute approximate surface area is 134 Å². The van der Waals surface area contributed by atoms with Crippen molar-refractivity contribution < 1.29 is 13.2 Å². The minimum absolute atomic E-state index is 0.0531. The monoisotopic (exact) mass is 349 g/mol. The van der Waals surface area contributed by atoms with Crippen LogP contribution in [0.15, 0.2) is 17.0 Å². The van der Waals surface area contributed by atoms with Crippen molar-refractivity contribution in [2.45, 2.75) is 37.5 Å². The Kier molecular flexibility index (Phi) is 5.17. The summed E-state index contributed by atoms with van der Waals surface area (Å²) in [5.74, 6) is 0.210. The first-order valence-corrected chi connectivity index (χ1v) is 9.51. The normalized spacial score (nSPS) is 16.1. The van der Waals surface area contributed by atoms with Crippen LogP contribution in [-0.4, -0.2) is 20.9 Å². The third kappa shape index (κ3) is 4.11. The van der Waals surface area contributed by atoms with Gasteiger partial charge in [0.15, 0.2) is 0 Å². The first kappa shape index (κ1) is 16.6. The van der Waals surface area contributed by atoms with E-state index < -0.39 is 9.05 Å². The number of halogens is 2. The molecule has 0 aromatic heterocycles. The Balaban J connectivity index is 2.19. The second-order valence-electron chi connectivity index (χ2n) is 5.40. The van der Waals surface area contributed by atoms with Gasteiger partial charge in [-0.1, -0.05) is 24.4 Å². The number of carbonyl (C=O) groups is 1. The Bertz CT molecular complexity index is 652. The van der Waals surface area contributed by atoms with Gasteiger partial charge in [-0.2, -0.15) is 0 Å². The lowest BCUT2D eigenvalue weighted by atomic mass is 10.1. The van der Waals surface area contributed by atoms with Gasteiger partial charge in [0.1, 0.15) is 4.90 Å². The Morgan fingerprint density at radius 3 is 2.52 bits per heavy atom. The molecule has 0 unspecified atom stereocenters. The molecule has 0 aliphatic heterocycles. The van der Waals surface area contributed by atoms with E-state index in [1.165, 1.54) is 18.9 Å². The number of benzene rings is 1. The van der Waals surface area contributed by atoms with Crippen LogP contribution in [0.25, 0.3) is 0 Å². The molecular formula is C14H17Cl2NO3S. The maximum absolute atomic E-state index is 12.2. The lowest BCUT2D eigenvalue weighted by Crippen LogP contribution is -2.28. The van der Waals surface area contributed by atoms with Crippen molar-refractivity contribution in [3.05, 3.63) is 28.3 Å². The van der Waals surface area contributed by atoms with Crippen LogP contribution in [0.2, 0.25) is 5.02 Å². The smallest absolute Gasteiger partial charge is 0.262 e. The molecule has 0 heterocycles. The van der Waals surface area contributed by atoms with Gasteiger partial charge in [0.05, 0.1) is 5.02 Å².